The molecule has 0 aliphatic rings. The normalized spacial score (nSPS) is 10.3. The average molecular weight is 350 g/mol. The molecule has 0 aliphatic heterocycles. The molecule has 8 heteroatoms. The molecule has 26 heavy (non-hydrogen) atoms. The molecule has 0 saturated heterocycles. The van der Waals surface area contributed by atoms with Crippen molar-refractivity contribution < 1.29 is 14.5 Å². The van der Waals surface area contributed by atoms with Gasteiger partial charge in [-0.1, -0.05) is 36.4 Å². The number of rotatable bonds is 3. The van der Waals surface area contributed by atoms with Crippen molar-refractivity contribution in [1.29, 1.82) is 0 Å². The average Bonchev–Trinajstić information content (AvgIpc) is 2.64. The molecule has 2 amide bonds. The number of hydrazine groups is 1. The summed E-state index contributed by atoms with van der Waals surface area (Å²) in [7, 11) is 0. The van der Waals surface area contributed by atoms with Gasteiger partial charge in [-0.2, -0.15) is 0 Å². The van der Waals surface area contributed by atoms with Crippen molar-refractivity contribution in [3.63, 3.8) is 0 Å². The number of benzene rings is 2. The quantitative estimate of drug-likeness (QED) is 0.556. The maximum atomic E-state index is 12.2. The molecule has 0 aliphatic carbocycles. The van der Waals surface area contributed by atoms with E-state index < -0.39 is 16.7 Å². The number of nitrogens with one attached hydrogen (secondary N) is 2. The predicted molar refractivity (Wildman–Crippen MR) is 94.5 cm³/mol. The molecular formula is C18H14N4O4. The van der Waals surface area contributed by atoms with Crippen molar-refractivity contribution in [2.75, 3.05) is 0 Å². The van der Waals surface area contributed by atoms with Crippen LogP contribution >= 0.6 is 0 Å². The highest BCUT2D eigenvalue weighted by molar-refractivity contribution is 6.01. The molecule has 3 rings (SSSR count). The Balaban J connectivity index is 1.76. The molecule has 3 aromatic rings. The van der Waals surface area contributed by atoms with Gasteiger partial charge in [0.1, 0.15) is 11.3 Å². The van der Waals surface area contributed by atoms with Gasteiger partial charge in [-0.15, -0.1) is 0 Å². The first kappa shape index (κ1) is 17.0. The Labute approximate surface area is 148 Å². The maximum absolute atomic E-state index is 12.2. The Morgan fingerprint density at radius 3 is 2.46 bits per heavy atom. The van der Waals surface area contributed by atoms with E-state index in [9.17, 15) is 19.7 Å². The lowest BCUT2D eigenvalue weighted by molar-refractivity contribution is -0.385. The van der Waals surface area contributed by atoms with Crippen LogP contribution in [0.5, 0.6) is 0 Å². The van der Waals surface area contributed by atoms with Crippen molar-refractivity contribution in [3.8, 4) is 0 Å². The molecule has 130 valence electrons. The van der Waals surface area contributed by atoms with Gasteiger partial charge in [0.25, 0.3) is 17.5 Å². The van der Waals surface area contributed by atoms with Crippen LogP contribution < -0.4 is 10.9 Å². The summed E-state index contributed by atoms with van der Waals surface area (Å²) in [6.45, 7) is 1.53. The zero-order chi connectivity index (χ0) is 18.7. The van der Waals surface area contributed by atoms with Crippen LogP contribution in [0.4, 0.5) is 5.69 Å². The summed E-state index contributed by atoms with van der Waals surface area (Å²) in [5.41, 5.74) is 5.07. The van der Waals surface area contributed by atoms with E-state index >= 15 is 0 Å². The van der Waals surface area contributed by atoms with Gasteiger partial charge in [-0.3, -0.25) is 30.6 Å². The van der Waals surface area contributed by atoms with E-state index in [1.807, 2.05) is 12.1 Å². The summed E-state index contributed by atoms with van der Waals surface area (Å²) in [4.78, 5) is 39.2. The first-order chi connectivity index (χ1) is 12.5. The number of nitrogens with zero attached hydrogens (tertiary/aromatic N) is 2. The van der Waals surface area contributed by atoms with Gasteiger partial charge in [0, 0.05) is 10.9 Å². The molecule has 0 saturated carbocycles. The number of aryl methyl sites for hydroxylation is 1. The Morgan fingerprint density at radius 1 is 0.962 bits per heavy atom. The Hall–Kier alpha value is -3.81. The first-order valence-corrected chi connectivity index (χ1v) is 7.68. The van der Waals surface area contributed by atoms with E-state index in [1.54, 1.807) is 18.2 Å². The van der Waals surface area contributed by atoms with Gasteiger partial charge in [-0.25, -0.2) is 4.98 Å². The fourth-order valence-corrected chi connectivity index (χ4v) is 2.52. The second kappa shape index (κ2) is 6.98. The molecular weight excluding hydrogens is 336 g/mol. The van der Waals surface area contributed by atoms with Crippen molar-refractivity contribution >= 4 is 28.4 Å². The largest absolute Gasteiger partial charge is 0.288 e. The van der Waals surface area contributed by atoms with Crippen LogP contribution in [0.15, 0.2) is 54.6 Å². The van der Waals surface area contributed by atoms with E-state index in [-0.39, 0.29) is 16.9 Å². The third kappa shape index (κ3) is 3.34. The highest BCUT2D eigenvalue weighted by Gasteiger charge is 2.22. The minimum atomic E-state index is -0.783. The molecule has 1 heterocycles. The van der Waals surface area contributed by atoms with E-state index in [4.69, 9.17) is 0 Å². The monoisotopic (exact) mass is 350 g/mol. The Morgan fingerprint density at radius 2 is 1.69 bits per heavy atom. The van der Waals surface area contributed by atoms with Crippen LogP contribution in [0.1, 0.15) is 26.4 Å². The number of pyridine rings is 1. The molecule has 0 atom stereocenters. The van der Waals surface area contributed by atoms with Gasteiger partial charge in [0.15, 0.2) is 0 Å². The fourth-order valence-electron chi connectivity index (χ4n) is 2.52. The zero-order valence-corrected chi connectivity index (χ0v) is 13.7. The van der Waals surface area contributed by atoms with Gasteiger partial charge < -0.3 is 0 Å². The second-order valence-electron chi connectivity index (χ2n) is 5.53. The minimum absolute atomic E-state index is 0.114. The molecule has 0 bridgehead atoms. The number of carbonyl (C=O) groups is 2. The predicted octanol–water partition coefficient (Wildman–Crippen LogP) is 2.53. The van der Waals surface area contributed by atoms with Crippen LogP contribution in [0, 0.1) is 17.0 Å². The molecule has 2 aromatic carbocycles. The second-order valence-corrected chi connectivity index (χ2v) is 5.53. The van der Waals surface area contributed by atoms with Crippen LogP contribution in [-0.2, 0) is 0 Å². The molecule has 0 spiro atoms. The highest BCUT2D eigenvalue weighted by Crippen LogP contribution is 2.22. The van der Waals surface area contributed by atoms with Crippen LogP contribution in [0.25, 0.3) is 10.9 Å². The fraction of sp³-hybridized carbons (Fsp3) is 0.0556. The summed E-state index contributed by atoms with van der Waals surface area (Å²) >= 11 is 0. The number of hydrogen-bond acceptors (Lipinski definition) is 5. The van der Waals surface area contributed by atoms with E-state index in [2.05, 4.69) is 15.8 Å². The molecule has 0 fully saturated rings. The summed E-state index contributed by atoms with van der Waals surface area (Å²) < 4.78 is 0. The van der Waals surface area contributed by atoms with Crippen molar-refractivity contribution in [2.24, 2.45) is 0 Å². The Kier molecular flexibility index (Phi) is 4.57. The first-order valence-electron chi connectivity index (χ1n) is 7.68. The Bertz CT molecular complexity index is 1030. The lowest BCUT2D eigenvalue weighted by Gasteiger charge is -2.09. The number of para-hydroxylation sites is 2. The molecule has 0 radical (unpaired) electrons. The maximum Gasteiger partial charge on any atom is 0.288 e. The lowest BCUT2D eigenvalue weighted by atomic mass is 10.1. The lowest BCUT2D eigenvalue weighted by Crippen LogP contribution is -2.42. The summed E-state index contributed by atoms with van der Waals surface area (Å²) in [6.07, 6.45) is 0. The topological polar surface area (TPSA) is 114 Å². The number of hydrogen-bond donors (Lipinski definition) is 2. The SMILES string of the molecule is Cc1cccc(C(=O)NNC(=O)c2ccc3ccccc3n2)c1[N+](=O)[O-]. The van der Waals surface area contributed by atoms with Gasteiger partial charge in [0.05, 0.1) is 10.4 Å². The van der Waals surface area contributed by atoms with Crippen molar-refractivity contribution in [3.05, 3.63) is 81.5 Å². The number of fused-ring (bicyclic) bond motifs is 1. The molecule has 0 unspecified atom stereocenters. The van der Waals surface area contributed by atoms with Gasteiger partial charge in [-0.05, 0) is 25.1 Å². The smallest absolute Gasteiger partial charge is 0.267 e. The van der Waals surface area contributed by atoms with Crippen molar-refractivity contribution in [1.82, 2.24) is 15.8 Å². The number of nitro groups is 1. The summed E-state index contributed by atoms with van der Waals surface area (Å²) in [6, 6.07) is 14.9. The van der Waals surface area contributed by atoms with Crippen LogP contribution in [0.3, 0.4) is 0 Å². The number of aromatic nitrogens is 1. The summed E-state index contributed by atoms with van der Waals surface area (Å²) in [5.74, 6) is -1.41. The zero-order valence-electron chi connectivity index (χ0n) is 13.7. The van der Waals surface area contributed by atoms with Crippen molar-refractivity contribution in [2.45, 2.75) is 6.92 Å². The summed E-state index contributed by atoms with van der Waals surface area (Å²) in [5, 5.41) is 12.0. The molecule has 1 aromatic heterocycles. The standard InChI is InChI=1S/C18H14N4O4/c1-11-5-4-7-13(16(11)22(25)26)17(23)20-21-18(24)15-10-9-12-6-2-3-8-14(12)19-15/h2-10H,1H3,(H,20,23)(H,21,24). The molecule has 8 nitrogen and oxygen atoms in total. The third-order valence-electron chi connectivity index (χ3n) is 3.79. The van der Waals surface area contributed by atoms with Gasteiger partial charge >= 0.3 is 0 Å². The number of carbonyl (C=O) groups excluding carboxylic acids is 2. The van der Waals surface area contributed by atoms with Crippen LogP contribution in [0.2, 0.25) is 0 Å². The van der Waals surface area contributed by atoms with E-state index in [0.717, 1.165) is 5.39 Å². The van der Waals surface area contributed by atoms with E-state index in [1.165, 1.54) is 31.2 Å². The number of amides is 2. The van der Waals surface area contributed by atoms with Gasteiger partial charge in [0.2, 0.25) is 0 Å². The highest BCUT2D eigenvalue weighted by atomic mass is 16.6. The number of nitro benzene ring substituents is 1. The molecule has 2 N–H and O–H groups in total. The van der Waals surface area contributed by atoms with E-state index in [0.29, 0.717) is 11.1 Å². The minimum Gasteiger partial charge on any atom is -0.267 e. The van der Waals surface area contributed by atoms with Crippen LogP contribution in [-0.4, -0.2) is 21.7 Å². The third-order valence-corrected chi connectivity index (χ3v) is 3.79.